The third kappa shape index (κ3) is 2.61. The number of rotatable bonds is 3. The normalized spacial score (nSPS) is 12.6. The van der Waals surface area contributed by atoms with Crippen molar-refractivity contribution in [2.75, 3.05) is 18.5 Å². The Hall–Kier alpha value is -0.730. The predicted molar refractivity (Wildman–Crippen MR) is 58.4 cm³/mol. The first-order valence-electron chi connectivity index (χ1n) is 4.33. The minimum atomic E-state index is 0.348. The van der Waals surface area contributed by atoms with Crippen LogP contribution >= 0.6 is 11.6 Å². The Morgan fingerprint density at radius 2 is 1.92 bits per heavy atom. The summed E-state index contributed by atoms with van der Waals surface area (Å²) in [6.45, 7) is 2.74. The molecule has 1 rings (SSSR count). The first kappa shape index (κ1) is 10.4. The quantitative estimate of drug-likeness (QED) is 0.807. The van der Waals surface area contributed by atoms with E-state index in [-0.39, 0.29) is 0 Å². The van der Waals surface area contributed by atoms with Crippen LogP contribution in [0.1, 0.15) is 6.92 Å². The van der Waals surface area contributed by atoms with Gasteiger partial charge in [0, 0.05) is 30.3 Å². The molecule has 0 radical (unpaired) electrons. The van der Waals surface area contributed by atoms with Gasteiger partial charge in [0.25, 0.3) is 0 Å². The Labute approximate surface area is 84.3 Å². The minimum Gasteiger partial charge on any atom is -0.371 e. The molecule has 0 heterocycles. The zero-order valence-corrected chi connectivity index (χ0v) is 8.75. The lowest BCUT2D eigenvalue weighted by Crippen LogP contribution is -2.35. The van der Waals surface area contributed by atoms with Crippen LogP contribution in [0.5, 0.6) is 0 Å². The van der Waals surface area contributed by atoms with Crippen molar-refractivity contribution in [3.05, 3.63) is 29.3 Å². The highest BCUT2D eigenvalue weighted by molar-refractivity contribution is 6.30. The predicted octanol–water partition coefficient (Wildman–Crippen LogP) is 2.12. The van der Waals surface area contributed by atoms with Gasteiger partial charge in [0.15, 0.2) is 0 Å². The van der Waals surface area contributed by atoms with Gasteiger partial charge in [0.05, 0.1) is 0 Å². The summed E-state index contributed by atoms with van der Waals surface area (Å²) in [6, 6.07) is 8.11. The van der Waals surface area contributed by atoms with E-state index in [1.807, 2.05) is 31.3 Å². The van der Waals surface area contributed by atoms with Crippen molar-refractivity contribution in [1.29, 1.82) is 0 Å². The molecule has 1 aromatic rings. The van der Waals surface area contributed by atoms with E-state index in [0.29, 0.717) is 12.6 Å². The first-order chi connectivity index (χ1) is 6.15. The molecule has 13 heavy (non-hydrogen) atoms. The Morgan fingerprint density at radius 1 is 1.38 bits per heavy atom. The molecule has 0 aromatic heterocycles. The molecule has 3 heteroatoms. The molecular formula is C10H15ClN2. The van der Waals surface area contributed by atoms with Gasteiger partial charge in [-0.15, -0.1) is 0 Å². The molecule has 2 N–H and O–H groups in total. The fourth-order valence-corrected chi connectivity index (χ4v) is 1.21. The van der Waals surface area contributed by atoms with Gasteiger partial charge in [-0.2, -0.15) is 0 Å². The van der Waals surface area contributed by atoms with E-state index >= 15 is 0 Å². The largest absolute Gasteiger partial charge is 0.371 e. The second-order valence-electron chi connectivity index (χ2n) is 3.17. The Morgan fingerprint density at radius 3 is 2.38 bits per heavy atom. The van der Waals surface area contributed by atoms with E-state index < -0.39 is 0 Å². The van der Waals surface area contributed by atoms with Crippen molar-refractivity contribution in [1.82, 2.24) is 0 Å². The molecule has 0 fully saturated rings. The van der Waals surface area contributed by atoms with Crippen LogP contribution in [-0.4, -0.2) is 19.6 Å². The summed E-state index contributed by atoms with van der Waals surface area (Å²) in [4.78, 5) is 2.14. The van der Waals surface area contributed by atoms with Crippen molar-refractivity contribution in [3.63, 3.8) is 0 Å². The van der Waals surface area contributed by atoms with Gasteiger partial charge in [-0.25, -0.2) is 0 Å². The van der Waals surface area contributed by atoms with Gasteiger partial charge in [-0.1, -0.05) is 11.6 Å². The van der Waals surface area contributed by atoms with Gasteiger partial charge in [-0.3, -0.25) is 0 Å². The number of nitrogens with zero attached hydrogens (tertiary/aromatic N) is 1. The van der Waals surface area contributed by atoms with Crippen molar-refractivity contribution >= 4 is 17.3 Å². The summed E-state index contributed by atoms with van der Waals surface area (Å²) in [5.74, 6) is 0. The molecule has 1 atom stereocenters. The van der Waals surface area contributed by atoms with Gasteiger partial charge in [0.2, 0.25) is 0 Å². The molecule has 0 aliphatic rings. The van der Waals surface area contributed by atoms with Crippen LogP contribution in [0.15, 0.2) is 24.3 Å². The summed E-state index contributed by atoms with van der Waals surface area (Å²) in [5.41, 5.74) is 6.71. The lowest BCUT2D eigenvalue weighted by atomic mass is 10.2. The number of hydrogen-bond acceptors (Lipinski definition) is 2. The van der Waals surface area contributed by atoms with Crippen LogP contribution < -0.4 is 10.6 Å². The fraction of sp³-hybridized carbons (Fsp3) is 0.400. The van der Waals surface area contributed by atoms with E-state index in [0.717, 1.165) is 10.7 Å². The SMILES string of the molecule is CC(CN)N(C)c1ccc(Cl)cc1. The molecule has 0 saturated heterocycles. The molecule has 2 nitrogen and oxygen atoms in total. The minimum absolute atomic E-state index is 0.348. The monoisotopic (exact) mass is 198 g/mol. The Kier molecular flexibility index (Phi) is 3.58. The molecule has 0 saturated carbocycles. The summed E-state index contributed by atoms with van der Waals surface area (Å²) >= 11 is 5.79. The first-order valence-corrected chi connectivity index (χ1v) is 4.71. The Bertz CT molecular complexity index is 258. The van der Waals surface area contributed by atoms with Crippen LogP contribution in [0, 0.1) is 0 Å². The number of hydrogen-bond donors (Lipinski definition) is 1. The number of likely N-dealkylation sites (N-methyl/N-ethyl adjacent to an activating group) is 1. The smallest absolute Gasteiger partial charge is 0.0407 e. The van der Waals surface area contributed by atoms with E-state index in [9.17, 15) is 0 Å². The maximum Gasteiger partial charge on any atom is 0.0407 e. The fourth-order valence-electron chi connectivity index (χ4n) is 1.09. The number of anilines is 1. The summed E-state index contributed by atoms with van der Waals surface area (Å²) in [7, 11) is 2.03. The zero-order valence-electron chi connectivity index (χ0n) is 8.00. The van der Waals surface area contributed by atoms with Crippen molar-refractivity contribution in [3.8, 4) is 0 Å². The average Bonchev–Trinajstić information content (AvgIpc) is 2.17. The number of halogens is 1. The highest BCUT2D eigenvalue weighted by atomic mass is 35.5. The van der Waals surface area contributed by atoms with Crippen molar-refractivity contribution < 1.29 is 0 Å². The third-order valence-corrected chi connectivity index (χ3v) is 2.49. The van der Waals surface area contributed by atoms with E-state index in [1.165, 1.54) is 0 Å². The lowest BCUT2D eigenvalue weighted by molar-refractivity contribution is 0.695. The average molecular weight is 199 g/mol. The number of benzene rings is 1. The molecule has 0 amide bonds. The van der Waals surface area contributed by atoms with Crippen LogP contribution in [0.25, 0.3) is 0 Å². The summed E-state index contributed by atoms with van der Waals surface area (Å²) in [5, 5.41) is 0.762. The molecule has 0 aliphatic heterocycles. The van der Waals surface area contributed by atoms with Gasteiger partial charge >= 0.3 is 0 Å². The molecule has 1 aromatic carbocycles. The van der Waals surface area contributed by atoms with Gasteiger partial charge in [-0.05, 0) is 31.2 Å². The Balaban J connectivity index is 2.77. The second kappa shape index (κ2) is 4.49. The molecule has 1 unspecified atom stereocenters. The van der Waals surface area contributed by atoms with Crippen LogP contribution in [0.3, 0.4) is 0 Å². The molecule has 72 valence electrons. The topological polar surface area (TPSA) is 29.3 Å². The third-order valence-electron chi connectivity index (χ3n) is 2.24. The molecule has 0 aliphatic carbocycles. The summed E-state index contributed by atoms with van der Waals surface area (Å²) in [6.07, 6.45) is 0. The number of nitrogens with two attached hydrogens (primary N) is 1. The molecular weight excluding hydrogens is 184 g/mol. The van der Waals surface area contributed by atoms with Crippen molar-refractivity contribution in [2.45, 2.75) is 13.0 Å². The van der Waals surface area contributed by atoms with E-state index in [2.05, 4.69) is 11.8 Å². The van der Waals surface area contributed by atoms with E-state index in [4.69, 9.17) is 17.3 Å². The second-order valence-corrected chi connectivity index (χ2v) is 3.61. The van der Waals surface area contributed by atoms with Gasteiger partial charge in [0.1, 0.15) is 0 Å². The maximum atomic E-state index is 5.79. The van der Waals surface area contributed by atoms with Gasteiger partial charge < -0.3 is 10.6 Å². The van der Waals surface area contributed by atoms with Crippen molar-refractivity contribution in [2.24, 2.45) is 5.73 Å². The lowest BCUT2D eigenvalue weighted by Gasteiger charge is -2.25. The van der Waals surface area contributed by atoms with Crippen LogP contribution in [-0.2, 0) is 0 Å². The standard InChI is InChI=1S/C10H15ClN2/c1-8(7-12)13(2)10-5-3-9(11)4-6-10/h3-6,8H,7,12H2,1-2H3. The van der Waals surface area contributed by atoms with Crippen LogP contribution in [0.4, 0.5) is 5.69 Å². The highest BCUT2D eigenvalue weighted by Gasteiger charge is 2.06. The highest BCUT2D eigenvalue weighted by Crippen LogP contribution is 2.17. The van der Waals surface area contributed by atoms with Crippen LogP contribution in [0.2, 0.25) is 5.02 Å². The maximum absolute atomic E-state index is 5.79. The molecule has 0 spiro atoms. The van der Waals surface area contributed by atoms with E-state index in [1.54, 1.807) is 0 Å². The summed E-state index contributed by atoms with van der Waals surface area (Å²) < 4.78 is 0. The molecule has 0 bridgehead atoms. The zero-order chi connectivity index (χ0) is 9.84.